The molecule has 1 aromatic rings. The van der Waals surface area contributed by atoms with Crippen LogP contribution in [0.5, 0.6) is 0 Å². The van der Waals surface area contributed by atoms with Crippen LogP contribution in [0.2, 0.25) is 5.02 Å². The lowest BCUT2D eigenvalue weighted by molar-refractivity contribution is 0.0601. The fraction of sp³-hybridized carbons (Fsp3) is 0.125. The minimum Gasteiger partial charge on any atom is -0.465 e. The molecule has 0 spiro atoms. The van der Waals surface area contributed by atoms with Crippen molar-refractivity contribution in [2.75, 3.05) is 7.11 Å². The van der Waals surface area contributed by atoms with Crippen molar-refractivity contribution in [3.63, 3.8) is 0 Å². The van der Waals surface area contributed by atoms with Gasteiger partial charge < -0.3 is 4.74 Å². The summed E-state index contributed by atoms with van der Waals surface area (Å²) in [6.45, 7) is 0. The maximum atomic E-state index is 10.9. The molecule has 0 saturated heterocycles. The van der Waals surface area contributed by atoms with Gasteiger partial charge in [-0.25, -0.2) is 4.79 Å². The van der Waals surface area contributed by atoms with Crippen LogP contribution >= 0.6 is 11.6 Å². The predicted octanol–water partition coefficient (Wildman–Crippen LogP) is 1.93. The molecule has 0 N–H and O–H groups in total. The van der Waals surface area contributed by atoms with Crippen molar-refractivity contribution < 1.29 is 9.53 Å². The second-order valence-corrected chi connectivity index (χ2v) is 2.32. The Kier molecular flexibility index (Phi) is 2.49. The lowest BCUT2D eigenvalue weighted by Crippen LogP contribution is -2.00. The predicted molar refractivity (Wildman–Crippen MR) is 41.6 cm³/mol. The molecule has 0 aliphatic rings. The number of halogens is 1. The van der Waals surface area contributed by atoms with Gasteiger partial charge in [-0.1, -0.05) is 17.7 Å². The molecule has 0 aromatic heterocycles. The molecule has 1 rings (SSSR count). The number of carbonyl (C=O) groups is 1. The summed E-state index contributed by atoms with van der Waals surface area (Å²) in [5, 5.41) is 0.410. The van der Waals surface area contributed by atoms with E-state index in [1.807, 2.05) is 0 Å². The molecule has 57 valence electrons. The maximum absolute atomic E-state index is 10.9. The maximum Gasteiger partial charge on any atom is 0.337 e. The molecule has 3 heteroatoms. The smallest absolute Gasteiger partial charge is 0.337 e. The molecule has 0 fully saturated rings. The fourth-order valence-electron chi connectivity index (χ4n) is 0.682. The number of hydrogen-bond acceptors (Lipinski definition) is 2. The van der Waals surface area contributed by atoms with Gasteiger partial charge in [-0.2, -0.15) is 0 Å². The summed E-state index contributed by atoms with van der Waals surface area (Å²) in [6.07, 6.45) is 0. The minimum absolute atomic E-state index is 0.388. The van der Waals surface area contributed by atoms with Crippen LogP contribution in [0.1, 0.15) is 10.4 Å². The highest BCUT2D eigenvalue weighted by Crippen LogP contribution is 2.10. The van der Waals surface area contributed by atoms with Gasteiger partial charge in [0, 0.05) is 11.1 Å². The van der Waals surface area contributed by atoms with Crippen molar-refractivity contribution in [1.82, 2.24) is 0 Å². The quantitative estimate of drug-likeness (QED) is 0.601. The topological polar surface area (TPSA) is 26.3 Å². The van der Waals surface area contributed by atoms with E-state index in [2.05, 4.69) is 10.8 Å². The lowest BCUT2D eigenvalue weighted by Gasteiger charge is -1.97. The van der Waals surface area contributed by atoms with Crippen molar-refractivity contribution in [3.05, 3.63) is 34.9 Å². The van der Waals surface area contributed by atoms with Gasteiger partial charge in [0.2, 0.25) is 0 Å². The SMILES string of the molecule is COC(=O)c1cc[c]c(Cl)c1. The largest absolute Gasteiger partial charge is 0.465 e. The third-order valence-electron chi connectivity index (χ3n) is 1.19. The molecule has 0 unspecified atom stereocenters. The van der Waals surface area contributed by atoms with Crippen LogP contribution in [-0.2, 0) is 4.74 Å². The van der Waals surface area contributed by atoms with Gasteiger partial charge in [-0.3, -0.25) is 0 Å². The van der Waals surface area contributed by atoms with Gasteiger partial charge in [-0.05, 0) is 12.1 Å². The first-order valence-electron chi connectivity index (χ1n) is 2.99. The molecular weight excluding hydrogens is 164 g/mol. The van der Waals surface area contributed by atoms with Crippen molar-refractivity contribution in [1.29, 1.82) is 0 Å². The van der Waals surface area contributed by atoms with Crippen LogP contribution in [0, 0.1) is 6.07 Å². The third-order valence-corrected chi connectivity index (χ3v) is 1.41. The number of hydrogen-bond donors (Lipinski definition) is 0. The monoisotopic (exact) mass is 169 g/mol. The highest BCUT2D eigenvalue weighted by Gasteiger charge is 2.03. The average Bonchev–Trinajstić information content (AvgIpc) is 2.03. The van der Waals surface area contributed by atoms with E-state index in [0.29, 0.717) is 10.6 Å². The summed E-state index contributed by atoms with van der Waals surface area (Å²) >= 11 is 5.58. The molecule has 1 radical (unpaired) electrons. The molecule has 0 amide bonds. The van der Waals surface area contributed by atoms with Gasteiger partial charge in [0.05, 0.1) is 12.7 Å². The van der Waals surface area contributed by atoms with Gasteiger partial charge in [-0.15, -0.1) is 0 Å². The van der Waals surface area contributed by atoms with Crippen LogP contribution in [0.4, 0.5) is 0 Å². The average molecular weight is 170 g/mol. The van der Waals surface area contributed by atoms with Crippen molar-refractivity contribution >= 4 is 17.6 Å². The summed E-state index contributed by atoms with van der Waals surface area (Å²) in [5.74, 6) is -0.388. The van der Waals surface area contributed by atoms with Crippen molar-refractivity contribution in [2.45, 2.75) is 0 Å². The van der Waals surface area contributed by atoms with Crippen LogP contribution < -0.4 is 0 Å². The fourth-order valence-corrected chi connectivity index (χ4v) is 0.863. The van der Waals surface area contributed by atoms with Crippen LogP contribution in [0.25, 0.3) is 0 Å². The van der Waals surface area contributed by atoms with Crippen molar-refractivity contribution in [2.24, 2.45) is 0 Å². The zero-order chi connectivity index (χ0) is 8.27. The standard InChI is InChI=1S/C8H6ClO2/c1-11-8(10)6-3-2-4-7(9)5-6/h2-3,5H,1H3. The number of esters is 1. The Hall–Kier alpha value is -1.02. The zero-order valence-electron chi connectivity index (χ0n) is 5.93. The molecule has 0 aliphatic carbocycles. The summed E-state index contributed by atoms with van der Waals surface area (Å²) < 4.78 is 4.48. The number of carbonyl (C=O) groups excluding carboxylic acids is 1. The van der Waals surface area contributed by atoms with E-state index >= 15 is 0 Å². The normalized spacial score (nSPS) is 9.27. The second kappa shape index (κ2) is 3.39. The highest BCUT2D eigenvalue weighted by atomic mass is 35.5. The Morgan fingerprint density at radius 2 is 2.45 bits per heavy atom. The molecule has 0 heterocycles. The molecule has 0 saturated carbocycles. The van der Waals surface area contributed by atoms with Gasteiger partial charge >= 0.3 is 5.97 Å². The van der Waals surface area contributed by atoms with E-state index in [-0.39, 0.29) is 5.97 Å². The molecule has 0 bridgehead atoms. The first kappa shape index (κ1) is 8.08. The Bertz CT molecular complexity index is 271. The second-order valence-electron chi connectivity index (χ2n) is 1.92. The van der Waals surface area contributed by atoms with E-state index in [1.54, 1.807) is 12.1 Å². The van der Waals surface area contributed by atoms with Gasteiger partial charge in [0.15, 0.2) is 0 Å². The molecule has 0 atom stereocenters. The number of benzene rings is 1. The van der Waals surface area contributed by atoms with E-state index in [9.17, 15) is 4.79 Å². The molecule has 0 aliphatic heterocycles. The molecule has 1 aromatic carbocycles. The number of ether oxygens (including phenoxy) is 1. The summed E-state index contributed by atoms with van der Waals surface area (Å²) in [4.78, 5) is 10.9. The van der Waals surface area contributed by atoms with E-state index in [1.165, 1.54) is 13.2 Å². The van der Waals surface area contributed by atoms with Crippen LogP contribution in [-0.4, -0.2) is 13.1 Å². The van der Waals surface area contributed by atoms with Crippen LogP contribution in [0.15, 0.2) is 18.2 Å². The Balaban J connectivity index is 2.96. The summed E-state index contributed by atoms with van der Waals surface area (Å²) in [5.41, 5.74) is 0.441. The van der Waals surface area contributed by atoms with Gasteiger partial charge in [0.25, 0.3) is 0 Å². The number of rotatable bonds is 1. The summed E-state index contributed by atoms with van der Waals surface area (Å²) in [6, 6.07) is 7.39. The van der Waals surface area contributed by atoms with E-state index < -0.39 is 0 Å². The molecule has 11 heavy (non-hydrogen) atoms. The van der Waals surface area contributed by atoms with E-state index in [4.69, 9.17) is 11.6 Å². The van der Waals surface area contributed by atoms with Gasteiger partial charge in [0.1, 0.15) is 0 Å². The Labute approximate surface area is 69.7 Å². The Morgan fingerprint density at radius 1 is 1.73 bits per heavy atom. The lowest BCUT2D eigenvalue weighted by atomic mass is 10.2. The molecule has 2 nitrogen and oxygen atoms in total. The van der Waals surface area contributed by atoms with E-state index in [0.717, 1.165) is 0 Å². The van der Waals surface area contributed by atoms with Crippen LogP contribution in [0.3, 0.4) is 0 Å². The minimum atomic E-state index is -0.388. The summed E-state index contributed by atoms with van der Waals surface area (Å²) in [7, 11) is 1.33. The zero-order valence-corrected chi connectivity index (χ0v) is 6.68. The Morgan fingerprint density at radius 3 is 3.00 bits per heavy atom. The highest BCUT2D eigenvalue weighted by molar-refractivity contribution is 6.30. The van der Waals surface area contributed by atoms with Crippen molar-refractivity contribution in [3.8, 4) is 0 Å². The number of methoxy groups -OCH3 is 1. The molecular formula is C8H6ClO2. The first-order chi connectivity index (χ1) is 5.24. The third kappa shape index (κ3) is 1.95. The first-order valence-corrected chi connectivity index (χ1v) is 3.37.